The molecule has 2 nitrogen and oxygen atoms in total. The first kappa shape index (κ1) is 21.4. The summed E-state index contributed by atoms with van der Waals surface area (Å²) in [5.41, 5.74) is 3.25. The van der Waals surface area contributed by atoms with Gasteiger partial charge in [-0.15, -0.1) is 0 Å². The van der Waals surface area contributed by atoms with Gasteiger partial charge in [-0.2, -0.15) is 0 Å². The number of benzene rings is 2. The Hall–Kier alpha value is -2.35. The van der Waals surface area contributed by atoms with E-state index < -0.39 is 0 Å². The molecule has 1 saturated carbocycles. The highest BCUT2D eigenvalue weighted by atomic mass is 16.5. The summed E-state index contributed by atoms with van der Waals surface area (Å²) in [6.45, 7) is 4.26. The van der Waals surface area contributed by atoms with Crippen molar-refractivity contribution in [2.45, 2.75) is 71.1 Å². The molecule has 1 fully saturated rings. The minimum Gasteiger partial charge on any atom is -0.423 e. The topological polar surface area (TPSA) is 26.3 Å². The molecule has 0 aliphatic heterocycles. The molecule has 1 aliphatic carbocycles. The highest BCUT2D eigenvalue weighted by Gasteiger charge is 2.22. The predicted molar refractivity (Wildman–Crippen MR) is 121 cm³/mol. The Morgan fingerprint density at radius 1 is 1.00 bits per heavy atom. The van der Waals surface area contributed by atoms with Crippen LogP contribution in [0.15, 0.2) is 60.7 Å². The summed E-state index contributed by atoms with van der Waals surface area (Å²) in [5.74, 6) is 1.83. The highest BCUT2D eigenvalue weighted by molar-refractivity contribution is 5.91. The standard InChI is InChI=1S/C27H34O2/c1-3-5-6-8-22-9-13-23(14-10-22)24-15-17-25(18-16-24)27(28)29-26-19-11-21(7-4-2)12-20-26/h3,5,11-12,15-20,22-23H,4,6-10,13-14H2,1-2H3. The van der Waals surface area contributed by atoms with E-state index in [0.717, 1.165) is 18.8 Å². The minimum atomic E-state index is -0.285. The van der Waals surface area contributed by atoms with Crippen LogP contribution in [0.2, 0.25) is 0 Å². The van der Waals surface area contributed by atoms with Crippen LogP contribution in [0.4, 0.5) is 0 Å². The Morgan fingerprint density at radius 3 is 2.31 bits per heavy atom. The Morgan fingerprint density at radius 2 is 1.69 bits per heavy atom. The lowest BCUT2D eigenvalue weighted by Crippen LogP contribution is -2.14. The van der Waals surface area contributed by atoms with Crippen LogP contribution in [0.5, 0.6) is 5.75 Å². The van der Waals surface area contributed by atoms with Gasteiger partial charge in [-0.25, -0.2) is 4.79 Å². The van der Waals surface area contributed by atoms with E-state index in [2.05, 4.69) is 38.1 Å². The quantitative estimate of drug-likeness (QED) is 0.265. The molecular weight excluding hydrogens is 356 g/mol. The van der Waals surface area contributed by atoms with E-state index in [4.69, 9.17) is 4.74 Å². The van der Waals surface area contributed by atoms with Crippen LogP contribution in [0.3, 0.4) is 0 Å². The zero-order valence-corrected chi connectivity index (χ0v) is 17.9. The molecule has 0 unspecified atom stereocenters. The predicted octanol–water partition coefficient (Wildman–Crippen LogP) is 7.49. The molecule has 0 bridgehead atoms. The van der Waals surface area contributed by atoms with E-state index in [0.29, 0.717) is 17.2 Å². The fraction of sp³-hybridized carbons (Fsp3) is 0.444. The number of ether oxygens (including phenoxy) is 1. The maximum Gasteiger partial charge on any atom is 0.343 e. The van der Waals surface area contributed by atoms with E-state index in [9.17, 15) is 4.79 Å². The first-order chi connectivity index (χ1) is 14.2. The molecule has 0 heterocycles. The number of hydrogen-bond donors (Lipinski definition) is 0. The molecule has 0 saturated heterocycles. The maximum atomic E-state index is 12.5. The van der Waals surface area contributed by atoms with Gasteiger partial charge in [0.25, 0.3) is 0 Å². The first-order valence-corrected chi connectivity index (χ1v) is 11.2. The lowest BCUT2D eigenvalue weighted by atomic mass is 9.77. The van der Waals surface area contributed by atoms with Crippen molar-refractivity contribution in [1.82, 2.24) is 0 Å². The average Bonchev–Trinajstić information content (AvgIpc) is 2.76. The summed E-state index contributed by atoms with van der Waals surface area (Å²) in [6, 6.07) is 15.9. The van der Waals surface area contributed by atoms with E-state index >= 15 is 0 Å². The average molecular weight is 391 g/mol. The number of aryl methyl sites for hydroxylation is 1. The number of hydrogen-bond acceptors (Lipinski definition) is 2. The zero-order chi connectivity index (χ0) is 20.5. The first-order valence-electron chi connectivity index (χ1n) is 11.2. The molecule has 2 heteroatoms. The van der Waals surface area contributed by atoms with Crippen molar-refractivity contribution in [3.63, 3.8) is 0 Å². The van der Waals surface area contributed by atoms with Crippen LogP contribution < -0.4 is 4.74 Å². The van der Waals surface area contributed by atoms with E-state index in [1.807, 2.05) is 36.4 Å². The van der Waals surface area contributed by atoms with Crippen LogP contribution >= 0.6 is 0 Å². The molecule has 0 atom stereocenters. The largest absolute Gasteiger partial charge is 0.423 e. The van der Waals surface area contributed by atoms with Gasteiger partial charge in [0.2, 0.25) is 0 Å². The van der Waals surface area contributed by atoms with Crippen molar-refractivity contribution in [1.29, 1.82) is 0 Å². The van der Waals surface area contributed by atoms with Gasteiger partial charge in [0.1, 0.15) is 5.75 Å². The molecule has 3 rings (SSSR count). The van der Waals surface area contributed by atoms with Gasteiger partial charge in [-0.05, 0) is 99.1 Å². The molecule has 29 heavy (non-hydrogen) atoms. The van der Waals surface area contributed by atoms with Gasteiger partial charge in [0.05, 0.1) is 5.56 Å². The second-order valence-electron chi connectivity index (χ2n) is 8.27. The van der Waals surface area contributed by atoms with Crippen LogP contribution in [-0.4, -0.2) is 5.97 Å². The van der Waals surface area contributed by atoms with Crippen molar-refractivity contribution >= 4 is 5.97 Å². The molecular formula is C27H34O2. The van der Waals surface area contributed by atoms with Crippen molar-refractivity contribution in [3.8, 4) is 5.75 Å². The van der Waals surface area contributed by atoms with Gasteiger partial charge >= 0.3 is 5.97 Å². The Kier molecular flexibility index (Phi) is 8.10. The van der Waals surface area contributed by atoms with E-state index in [1.165, 1.54) is 49.7 Å². The van der Waals surface area contributed by atoms with Gasteiger partial charge in [0.15, 0.2) is 0 Å². The molecule has 0 amide bonds. The lowest BCUT2D eigenvalue weighted by Gasteiger charge is -2.28. The smallest absolute Gasteiger partial charge is 0.343 e. The SMILES string of the molecule is CC=CCCC1CCC(c2ccc(C(=O)Oc3ccc(CCC)cc3)cc2)CC1. The van der Waals surface area contributed by atoms with Crippen molar-refractivity contribution in [2.24, 2.45) is 5.92 Å². The third-order valence-corrected chi connectivity index (χ3v) is 6.11. The Labute approximate surface area is 176 Å². The molecule has 154 valence electrons. The zero-order valence-electron chi connectivity index (χ0n) is 17.9. The molecule has 0 radical (unpaired) electrons. The summed E-state index contributed by atoms with van der Waals surface area (Å²) >= 11 is 0. The van der Waals surface area contributed by atoms with E-state index in [-0.39, 0.29) is 5.97 Å². The second kappa shape index (κ2) is 11.0. The fourth-order valence-corrected chi connectivity index (χ4v) is 4.35. The summed E-state index contributed by atoms with van der Waals surface area (Å²) in [4.78, 5) is 12.5. The number of carbonyl (C=O) groups excluding carboxylic acids is 1. The second-order valence-corrected chi connectivity index (χ2v) is 8.27. The molecule has 1 aliphatic rings. The molecule has 0 aromatic heterocycles. The van der Waals surface area contributed by atoms with E-state index in [1.54, 1.807) is 0 Å². The summed E-state index contributed by atoms with van der Waals surface area (Å²) < 4.78 is 5.54. The number of rotatable bonds is 8. The van der Waals surface area contributed by atoms with Gasteiger partial charge < -0.3 is 4.74 Å². The summed E-state index contributed by atoms with van der Waals surface area (Å²) in [5, 5.41) is 0. The normalized spacial score (nSPS) is 19.4. The number of allylic oxidation sites excluding steroid dienone is 2. The van der Waals surface area contributed by atoms with Crippen molar-refractivity contribution < 1.29 is 9.53 Å². The number of esters is 1. The minimum absolute atomic E-state index is 0.285. The molecule has 2 aromatic carbocycles. The summed E-state index contributed by atoms with van der Waals surface area (Å²) in [6.07, 6.45) is 14.3. The molecule has 0 spiro atoms. The third-order valence-electron chi connectivity index (χ3n) is 6.11. The van der Waals surface area contributed by atoms with Crippen LogP contribution in [-0.2, 0) is 6.42 Å². The number of carbonyl (C=O) groups is 1. The van der Waals surface area contributed by atoms with Crippen LogP contribution in [0.25, 0.3) is 0 Å². The van der Waals surface area contributed by atoms with Crippen LogP contribution in [0, 0.1) is 5.92 Å². The van der Waals surface area contributed by atoms with Crippen LogP contribution in [0.1, 0.15) is 86.2 Å². The maximum absolute atomic E-state index is 12.5. The van der Waals surface area contributed by atoms with Crippen molar-refractivity contribution in [2.75, 3.05) is 0 Å². The molecule has 0 N–H and O–H groups in total. The summed E-state index contributed by atoms with van der Waals surface area (Å²) in [7, 11) is 0. The van der Waals surface area contributed by atoms with Crippen molar-refractivity contribution in [3.05, 3.63) is 77.4 Å². The van der Waals surface area contributed by atoms with Gasteiger partial charge in [-0.1, -0.05) is 49.8 Å². The Balaban J connectivity index is 1.51. The Bertz CT molecular complexity index is 778. The fourth-order valence-electron chi connectivity index (χ4n) is 4.35. The van der Waals surface area contributed by atoms with Gasteiger partial charge in [-0.3, -0.25) is 0 Å². The monoisotopic (exact) mass is 390 g/mol. The highest BCUT2D eigenvalue weighted by Crippen LogP contribution is 2.37. The molecule has 2 aromatic rings. The lowest BCUT2D eigenvalue weighted by molar-refractivity contribution is 0.0734. The third kappa shape index (κ3) is 6.32. The van der Waals surface area contributed by atoms with Gasteiger partial charge in [0, 0.05) is 0 Å².